The van der Waals surface area contributed by atoms with Crippen molar-refractivity contribution >= 4 is 16.8 Å². The number of hydrogen-bond donors (Lipinski definition) is 0. The van der Waals surface area contributed by atoms with Crippen molar-refractivity contribution in [1.82, 2.24) is 14.9 Å². The van der Waals surface area contributed by atoms with Crippen LogP contribution in [0.15, 0.2) is 103 Å². The van der Waals surface area contributed by atoms with E-state index in [1.54, 1.807) is 12.3 Å². The summed E-state index contributed by atoms with van der Waals surface area (Å²) in [5.41, 5.74) is 6.72. The summed E-state index contributed by atoms with van der Waals surface area (Å²) in [5, 5.41) is 1.01. The number of ether oxygens (including phenoxy) is 2. The van der Waals surface area contributed by atoms with Crippen molar-refractivity contribution in [3.8, 4) is 16.9 Å². The van der Waals surface area contributed by atoms with Gasteiger partial charge in [0.25, 0.3) is 5.91 Å². The van der Waals surface area contributed by atoms with Crippen molar-refractivity contribution in [2.45, 2.75) is 13.0 Å². The topological polar surface area (TPSA) is 64.6 Å². The maximum Gasteiger partial charge on any atom is 0.272 e. The van der Waals surface area contributed by atoms with Crippen LogP contribution in [0.5, 0.6) is 5.75 Å². The smallest absolute Gasteiger partial charge is 0.272 e. The molecule has 6 nitrogen and oxygen atoms in total. The maximum atomic E-state index is 13.6. The zero-order valence-electron chi connectivity index (χ0n) is 21.6. The lowest BCUT2D eigenvalue weighted by Gasteiger charge is -2.23. The molecule has 0 saturated carbocycles. The zero-order valence-corrected chi connectivity index (χ0v) is 21.6. The minimum absolute atomic E-state index is 0.107. The summed E-state index contributed by atoms with van der Waals surface area (Å²) in [6.45, 7) is 2.21. The van der Waals surface area contributed by atoms with Crippen LogP contribution in [-0.2, 0) is 17.7 Å². The standard InChI is InChI=1S/C33H29N3O3/c37-33(31-12-10-26-7-1-2-9-30(26)35-31)36-15-16-38-17-18-39-32-13-11-27(28-8-4-14-34-22-28)21-29(32)20-24-5-3-6-25(19-24)23-36/h1-14,19,21-22H,15-18,20,23H2. The summed E-state index contributed by atoms with van der Waals surface area (Å²) in [6, 6.07) is 30.3. The third kappa shape index (κ3) is 5.81. The van der Waals surface area contributed by atoms with Crippen molar-refractivity contribution in [2.75, 3.05) is 26.4 Å². The highest BCUT2D eigenvalue weighted by atomic mass is 16.5. The van der Waals surface area contributed by atoms with Gasteiger partial charge < -0.3 is 14.4 Å². The van der Waals surface area contributed by atoms with E-state index < -0.39 is 0 Å². The number of aromatic nitrogens is 2. The van der Waals surface area contributed by atoms with Gasteiger partial charge in [0.05, 0.1) is 18.7 Å². The van der Waals surface area contributed by atoms with Crippen LogP contribution < -0.4 is 4.74 Å². The Morgan fingerprint density at radius 2 is 1.72 bits per heavy atom. The number of amides is 1. The highest BCUT2D eigenvalue weighted by Crippen LogP contribution is 2.29. The fraction of sp³-hybridized carbons (Fsp3) is 0.182. The first-order valence-electron chi connectivity index (χ1n) is 13.2. The molecule has 0 atom stereocenters. The van der Waals surface area contributed by atoms with Crippen LogP contribution in [0.4, 0.5) is 0 Å². The summed E-state index contributed by atoms with van der Waals surface area (Å²) in [4.78, 5) is 24.3. The van der Waals surface area contributed by atoms with Gasteiger partial charge in [0.15, 0.2) is 0 Å². The van der Waals surface area contributed by atoms with Gasteiger partial charge in [-0.05, 0) is 52.6 Å². The van der Waals surface area contributed by atoms with Crippen LogP contribution in [0.1, 0.15) is 27.2 Å². The Balaban J connectivity index is 1.30. The highest BCUT2D eigenvalue weighted by molar-refractivity contribution is 5.94. The van der Waals surface area contributed by atoms with Crippen LogP contribution in [0.2, 0.25) is 0 Å². The summed E-state index contributed by atoms with van der Waals surface area (Å²) in [6.07, 6.45) is 4.36. The second kappa shape index (κ2) is 11.5. The Hall–Kier alpha value is -4.55. The first-order valence-corrected chi connectivity index (χ1v) is 13.2. The van der Waals surface area contributed by atoms with E-state index in [2.05, 4.69) is 52.4 Å². The Kier molecular flexibility index (Phi) is 7.28. The van der Waals surface area contributed by atoms with Crippen LogP contribution in [0.25, 0.3) is 22.0 Å². The Bertz CT molecular complexity index is 1600. The van der Waals surface area contributed by atoms with Gasteiger partial charge in [-0.3, -0.25) is 9.78 Å². The van der Waals surface area contributed by atoms with E-state index in [-0.39, 0.29) is 5.91 Å². The van der Waals surface area contributed by atoms with E-state index in [1.165, 1.54) is 0 Å². The third-order valence-electron chi connectivity index (χ3n) is 6.91. The van der Waals surface area contributed by atoms with E-state index in [0.717, 1.165) is 44.5 Å². The Morgan fingerprint density at radius 3 is 2.64 bits per heavy atom. The average Bonchev–Trinajstić information content (AvgIpc) is 2.98. The second-order valence-corrected chi connectivity index (χ2v) is 9.64. The number of carbonyl (C=O) groups is 1. The minimum atomic E-state index is -0.107. The molecule has 0 N–H and O–H groups in total. The van der Waals surface area contributed by atoms with Gasteiger partial charge in [-0.25, -0.2) is 4.98 Å². The van der Waals surface area contributed by atoms with Gasteiger partial charge in [0.1, 0.15) is 18.1 Å². The van der Waals surface area contributed by atoms with Crippen LogP contribution in [0, 0.1) is 0 Å². The monoisotopic (exact) mass is 515 g/mol. The first kappa shape index (κ1) is 24.8. The molecule has 0 fully saturated rings. The lowest BCUT2D eigenvalue weighted by atomic mass is 9.98. The zero-order chi connectivity index (χ0) is 26.4. The van der Waals surface area contributed by atoms with E-state index in [1.807, 2.05) is 53.6 Å². The summed E-state index contributed by atoms with van der Waals surface area (Å²) in [5.74, 6) is 0.748. The molecule has 6 rings (SSSR count). The van der Waals surface area contributed by atoms with Gasteiger partial charge in [-0.1, -0.05) is 60.7 Å². The lowest BCUT2D eigenvalue weighted by Crippen LogP contribution is -2.34. The number of benzene rings is 3. The van der Waals surface area contributed by atoms with Crippen molar-refractivity contribution in [1.29, 1.82) is 0 Å². The third-order valence-corrected chi connectivity index (χ3v) is 6.91. The molecular formula is C33H29N3O3. The number of carbonyl (C=O) groups excluding carboxylic acids is 1. The molecule has 3 heterocycles. The molecule has 39 heavy (non-hydrogen) atoms. The van der Waals surface area contributed by atoms with Gasteiger partial charge >= 0.3 is 0 Å². The Labute approximate surface area is 227 Å². The maximum absolute atomic E-state index is 13.6. The number of para-hydroxylation sites is 1. The van der Waals surface area contributed by atoms with Crippen molar-refractivity contribution in [3.63, 3.8) is 0 Å². The lowest BCUT2D eigenvalue weighted by molar-refractivity contribution is 0.0567. The van der Waals surface area contributed by atoms with Crippen molar-refractivity contribution in [3.05, 3.63) is 126 Å². The van der Waals surface area contributed by atoms with Gasteiger partial charge in [0, 0.05) is 42.9 Å². The molecule has 0 aliphatic carbocycles. The molecule has 6 heteroatoms. The molecule has 3 aromatic carbocycles. The van der Waals surface area contributed by atoms with Crippen LogP contribution in [0.3, 0.4) is 0 Å². The molecule has 0 radical (unpaired) electrons. The fourth-order valence-corrected chi connectivity index (χ4v) is 4.94. The second-order valence-electron chi connectivity index (χ2n) is 9.64. The number of rotatable bonds is 2. The van der Waals surface area contributed by atoms with Gasteiger partial charge in [0.2, 0.25) is 0 Å². The van der Waals surface area contributed by atoms with E-state index in [9.17, 15) is 4.79 Å². The largest absolute Gasteiger partial charge is 0.491 e. The fourth-order valence-electron chi connectivity index (χ4n) is 4.94. The molecule has 1 amide bonds. The SMILES string of the molecule is O=C(c1ccc2ccccc2n1)N1CCOCCOc2ccc(-c3cccnc3)cc2Cc2cccc(c2)C1. The summed E-state index contributed by atoms with van der Waals surface area (Å²) < 4.78 is 12.0. The molecule has 1 aliphatic rings. The predicted octanol–water partition coefficient (Wildman–Crippen LogP) is 5.94. The van der Waals surface area contributed by atoms with Crippen molar-refractivity contribution in [2.24, 2.45) is 0 Å². The number of nitrogens with zero attached hydrogens (tertiary/aromatic N) is 3. The average molecular weight is 516 g/mol. The van der Waals surface area contributed by atoms with E-state index >= 15 is 0 Å². The molecule has 0 saturated heterocycles. The first-order chi connectivity index (χ1) is 19.2. The molecule has 0 unspecified atom stereocenters. The minimum Gasteiger partial charge on any atom is -0.491 e. The molecule has 0 spiro atoms. The quantitative estimate of drug-likeness (QED) is 0.291. The molecule has 2 aromatic heterocycles. The molecule has 1 aliphatic heterocycles. The predicted molar refractivity (Wildman–Crippen MR) is 152 cm³/mol. The van der Waals surface area contributed by atoms with Gasteiger partial charge in [-0.15, -0.1) is 0 Å². The van der Waals surface area contributed by atoms with Gasteiger partial charge in [-0.2, -0.15) is 0 Å². The number of hydrogen-bond acceptors (Lipinski definition) is 5. The number of fused-ring (bicyclic) bond motifs is 4. The molecular weight excluding hydrogens is 486 g/mol. The number of pyridine rings is 2. The Morgan fingerprint density at radius 1 is 0.795 bits per heavy atom. The highest BCUT2D eigenvalue weighted by Gasteiger charge is 2.19. The van der Waals surface area contributed by atoms with Crippen LogP contribution >= 0.6 is 0 Å². The molecule has 194 valence electrons. The molecule has 5 aromatic rings. The normalized spacial score (nSPS) is 14.2. The molecule has 2 bridgehead atoms. The summed E-state index contributed by atoms with van der Waals surface area (Å²) >= 11 is 0. The van der Waals surface area contributed by atoms with E-state index in [0.29, 0.717) is 45.0 Å². The van der Waals surface area contributed by atoms with Crippen molar-refractivity contribution < 1.29 is 14.3 Å². The summed E-state index contributed by atoms with van der Waals surface area (Å²) in [7, 11) is 0. The van der Waals surface area contributed by atoms with E-state index in [4.69, 9.17) is 9.47 Å². The van der Waals surface area contributed by atoms with Crippen LogP contribution in [-0.4, -0.2) is 47.1 Å².